The molecule has 3 rings (SSSR count). The van der Waals surface area contributed by atoms with Crippen LogP contribution in [0.2, 0.25) is 0 Å². The smallest absolute Gasteiger partial charge is 0.309 e. The summed E-state index contributed by atoms with van der Waals surface area (Å²) in [7, 11) is 0. The van der Waals surface area contributed by atoms with Gasteiger partial charge in [0.2, 0.25) is 0 Å². The average Bonchev–Trinajstić information content (AvgIpc) is 3.45. The number of pyridine rings is 1. The van der Waals surface area contributed by atoms with Gasteiger partial charge in [-0.25, -0.2) is 0 Å². The molecule has 0 spiro atoms. The van der Waals surface area contributed by atoms with E-state index < -0.39 is 53.2 Å². The molecule has 2 aliphatic rings. The van der Waals surface area contributed by atoms with Gasteiger partial charge in [-0.05, 0) is 18.2 Å². The number of hydrogen-bond donors (Lipinski definition) is 2. The number of nitrogens with zero attached hydrogens (tertiary/aromatic N) is 1. The Kier molecular flexibility index (Phi) is 9.00. The lowest BCUT2D eigenvalue weighted by atomic mass is 9.73. The SMILES string of the molecule is C[C@@H]1COCC2(Cl)OC2C[C@H](/C(Cl)=C/c2ccccn2)OC(=O)C[C@H](O)C(C)(C)C(=O)[C@H](C)[C@@H]1O. The van der Waals surface area contributed by atoms with E-state index in [0.717, 1.165) is 0 Å². The first kappa shape index (κ1) is 28.0. The van der Waals surface area contributed by atoms with E-state index in [2.05, 4.69) is 4.98 Å². The highest BCUT2D eigenvalue weighted by molar-refractivity contribution is 6.32. The van der Waals surface area contributed by atoms with Crippen LogP contribution in [0.4, 0.5) is 0 Å². The average molecular weight is 530 g/mol. The highest BCUT2D eigenvalue weighted by Crippen LogP contribution is 2.45. The van der Waals surface area contributed by atoms with Crippen LogP contribution < -0.4 is 0 Å². The summed E-state index contributed by atoms with van der Waals surface area (Å²) in [5, 5.41) is 20.6. The maximum Gasteiger partial charge on any atom is 0.309 e. The Hall–Kier alpha value is -1.55. The molecule has 2 saturated heterocycles. The van der Waals surface area contributed by atoms with E-state index in [1.54, 1.807) is 58.2 Å². The first-order chi connectivity index (χ1) is 16.3. The first-order valence-electron chi connectivity index (χ1n) is 11.7. The van der Waals surface area contributed by atoms with Gasteiger partial charge in [-0.2, -0.15) is 0 Å². The number of carbonyl (C=O) groups excluding carboxylic acids is 2. The Morgan fingerprint density at radius 3 is 2.60 bits per heavy atom. The standard InChI is InChI=1S/C25H33Cl2NO7/c1-14-12-33-13-25(27)20(35-25)10-18(17(26)9-16-7-5-6-8-28-16)34-21(30)11-19(29)24(3,4)23(32)15(2)22(14)31/h5-9,14-15,18-20,22,29,31H,10-13H2,1-4H3/b17-9-/t14-,15-,18-,19+,20?,22-,25?/m1/s1. The molecule has 1 aromatic heterocycles. The molecule has 194 valence electrons. The molecule has 0 amide bonds. The molecule has 0 aromatic carbocycles. The highest BCUT2D eigenvalue weighted by atomic mass is 35.5. The van der Waals surface area contributed by atoms with Crippen LogP contribution in [0, 0.1) is 17.3 Å². The van der Waals surface area contributed by atoms with E-state index in [9.17, 15) is 19.8 Å². The van der Waals surface area contributed by atoms with Crippen LogP contribution in [0.5, 0.6) is 0 Å². The van der Waals surface area contributed by atoms with Gasteiger partial charge in [0, 0.05) is 24.5 Å². The molecule has 0 radical (unpaired) electrons. The number of fused-ring (bicyclic) bond motifs is 1. The summed E-state index contributed by atoms with van der Waals surface area (Å²) in [5.41, 5.74) is -0.725. The summed E-state index contributed by atoms with van der Waals surface area (Å²) in [5.74, 6) is -2.27. The third-order valence-electron chi connectivity index (χ3n) is 6.76. The van der Waals surface area contributed by atoms with E-state index in [0.29, 0.717) is 5.69 Å². The molecule has 3 heterocycles. The minimum Gasteiger partial charge on any atom is -0.456 e. The predicted molar refractivity (Wildman–Crippen MR) is 131 cm³/mol. The highest BCUT2D eigenvalue weighted by Gasteiger charge is 2.57. The molecular weight excluding hydrogens is 497 g/mol. The lowest BCUT2D eigenvalue weighted by Crippen LogP contribution is -2.46. The van der Waals surface area contributed by atoms with Crippen LogP contribution in [-0.4, -0.2) is 69.6 Å². The number of ether oxygens (including phenoxy) is 3. The van der Waals surface area contributed by atoms with Crippen molar-refractivity contribution < 1.29 is 34.0 Å². The molecule has 0 aliphatic carbocycles. The fraction of sp³-hybridized carbons (Fsp3) is 0.640. The summed E-state index contributed by atoms with van der Waals surface area (Å²) in [6, 6.07) is 5.32. The molecular formula is C25H33Cl2NO7. The van der Waals surface area contributed by atoms with Crippen LogP contribution in [0.1, 0.15) is 46.2 Å². The van der Waals surface area contributed by atoms with Gasteiger partial charge in [0.05, 0.1) is 48.0 Å². The van der Waals surface area contributed by atoms with Gasteiger partial charge in [-0.3, -0.25) is 14.6 Å². The number of esters is 1. The van der Waals surface area contributed by atoms with Crippen molar-refractivity contribution in [3.8, 4) is 0 Å². The Bertz CT molecular complexity index is 941. The number of rotatable bonds is 2. The van der Waals surface area contributed by atoms with Gasteiger partial charge >= 0.3 is 5.97 Å². The van der Waals surface area contributed by atoms with Crippen LogP contribution in [0.3, 0.4) is 0 Å². The number of cyclic esters (lactones) is 1. The summed E-state index contributed by atoms with van der Waals surface area (Å²) >= 11 is 13.0. The van der Waals surface area contributed by atoms with Gasteiger partial charge in [0.1, 0.15) is 18.0 Å². The zero-order chi connectivity index (χ0) is 26.0. The van der Waals surface area contributed by atoms with Crippen molar-refractivity contribution in [2.45, 2.75) is 70.0 Å². The molecule has 0 bridgehead atoms. The summed E-state index contributed by atoms with van der Waals surface area (Å²) < 4.78 is 17.0. The monoisotopic (exact) mass is 529 g/mol. The lowest BCUT2D eigenvalue weighted by Gasteiger charge is -2.34. The molecule has 0 saturated carbocycles. The Labute approximate surface area is 215 Å². The molecule has 2 unspecified atom stereocenters. The maximum absolute atomic E-state index is 13.1. The number of epoxide rings is 1. The largest absolute Gasteiger partial charge is 0.456 e. The van der Waals surface area contributed by atoms with Gasteiger partial charge < -0.3 is 24.4 Å². The van der Waals surface area contributed by atoms with Crippen molar-refractivity contribution in [2.75, 3.05) is 13.2 Å². The zero-order valence-electron chi connectivity index (χ0n) is 20.3. The fourth-order valence-electron chi connectivity index (χ4n) is 4.16. The molecule has 8 nitrogen and oxygen atoms in total. The molecule has 2 N–H and O–H groups in total. The number of carbonyl (C=O) groups is 2. The lowest BCUT2D eigenvalue weighted by molar-refractivity contribution is -0.154. The second-order valence-corrected chi connectivity index (χ2v) is 11.0. The van der Waals surface area contributed by atoms with E-state index in [1.807, 2.05) is 0 Å². The van der Waals surface area contributed by atoms with E-state index in [-0.39, 0.29) is 36.4 Å². The van der Waals surface area contributed by atoms with Crippen molar-refractivity contribution in [3.05, 3.63) is 35.1 Å². The van der Waals surface area contributed by atoms with Crippen molar-refractivity contribution in [3.63, 3.8) is 0 Å². The van der Waals surface area contributed by atoms with Gasteiger partial charge in [0.25, 0.3) is 0 Å². The van der Waals surface area contributed by atoms with Crippen molar-refractivity contribution in [1.29, 1.82) is 0 Å². The molecule has 35 heavy (non-hydrogen) atoms. The third kappa shape index (κ3) is 6.81. The van der Waals surface area contributed by atoms with Crippen LogP contribution in [0.15, 0.2) is 29.4 Å². The van der Waals surface area contributed by atoms with Crippen molar-refractivity contribution >= 4 is 41.0 Å². The molecule has 10 heteroatoms. The number of aliphatic hydroxyl groups excluding tert-OH is 2. The number of Topliss-reactive ketones (excluding diaryl/α,β-unsaturated/α-hetero) is 1. The van der Waals surface area contributed by atoms with Gasteiger partial charge in [-0.15, -0.1) is 0 Å². The summed E-state index contributed by atoms with van der Waals surface area (Å²) in [6.07, 6.45) is -0.813. The Morgan fingerprint density at radius 1 is 1.23 bits per heavy atom. The Balaban J connectivity index is 1.86. The molecule has 7 atom stereocenters. The van der Waals surface area contributed by atoms with Gasteiger partial charge in [-0.1, -0.05) is 57.0 Å². The summed E-state index contributed by atoms with van der Waals surface area (Å²) in [4.78, 5) is 30.1. The fourth-order valence-corrected chi connectivity index (χ4v) is 4.68. The molecule has 2 aliphatic heterocycles. The van der Waals surface area contributed by atoms with Crippen molar-refractivity contribution in [2.24, 2.45) is 17.3 Å². The molecule has 1 aromatic rings. The van der Waals surface area contributed by atoms with Gasteiger partial charge in [0.15, 0.2) is 5.06 Å². The zero-order valence-corrected chi connectivity index (χ0v) is 21.8. The minimum atomic E-state index is -1.33. The number of ketones is 1. The van der Waals surface area contributed by atoms with Crippen LogP contribution in [-0.2, 0) is 23.8 Å². The quantitative estimate of drug-likeness (QED) is 0.340. The van der Waals surface area contributed by atoms with E-state index in [1.165, 1.54) is 0 Å². The van der Waals surface area contributed by atoms with Crippen molar-refractivity contribution in [1.82, 2.24) is 4.98 Å². The predicted octanol–water partition coefficient (Wildman–Crippen LogP) is 3.31. The number of alkyl halides is 1. The third-order valence-corrected chi connectivity index (χ3v) is 7.56. The number of aliphatic hydroxyl groups is 2. The first-order valence-corrected chi connectivity index (χ1v) is 12.4. The number of aromatic nitrogens is 1. The Morgan fingerprint density at radius 2 is 1.94 bits per heavy atom. The summed E-state index contributed by atoms with van der Waals surface area (Å²) in [6.45, 7) is 6.66. The maximum atomic E-state index is 13.1. The second-order valence-electron chi connectivity index (χ2n) is 9.97. The van der Waals surface area contributed by atoms with E-state index >= 15 is 0 Å². The molecule has 2 fully saturated rings. The minimum absolute atomic E-state index is 0.0467. The number of halogens is 2. The topological polar surface area (TPSA) is 118 Å². The van der Waals surface area contributed by atoms with Crippen LogP contribution >= 0.6 is 23.2 Å². The number of hydrogen-bond acceptors (Lipinski definition) is 8. The normalized spacial score (nSPS) is 37.3. The van der Waals surface area contributed by atoms with E-state index in [4.69, 9.17) is 37.4 Å². The second kappa shape index (κ2) is 11.2. The van der Waals surface area contributed by atoms with Crippen LogP contribution in [0.25, 0.3) is 6.08 Å².